The van der Waals surface area contributed by atoms with Gasteiger partial charge in [0.25, 0.3) is 0 Å². The molecule has 2 aromatic carbocycles. The SMILES string of the molecule is Cc1c(Cl)cccc1C(=O)c1cc2cccc(C)c2o1. The lowest BCUT2D eigenvalue weighted by Crippen LogP contribution is -2.02. The van der Waals surface area contributed by atoms with Gasteiger partial charge in [-0.1, -0.05) is 41.9 Å². The van der Waals surface area contributed by atoms with Crippen molar-refractivity contribution in [2.75, 3.05) is 0 Å². The highest BCUT2D eigenvalue weighted by Gasteiger charge is 2.18. The molecule has 0 atom stereocenters. The fraction of sp³-hybridized carbons (Fsp3) is 0.118. The van der Waals surface area contributed by atoms with Crippen molar-refractivity contribution in [2.24, 2.45) is 0 Å². The molecule has 0 saturated carbocycles. The summed E-state index contributed by atoms with van der Waals surface area (Å²) in [6, 6.07) is 13.0. The van der Waals surface area contributed by atoms with Crippen LogP contribution in [0.15, 0.2) is 46.9 Å². The van der Waals surface area contributed by atoms with Gasteiger partial charge in [-0.05, 0) is 37.1 Å². The van der Waals surface area contributed by atoms with Crippen molar-refractivity contribution in [1.29, 1.82) is 0 Å². The van der Waals surface area contributed by atoms with E-state index in [-0.39, 0.29) is 5.78 Å². The van der Waals surface area contributed by atoms with Crippen LogP contribution in [0.4, 0.5) is 0 Å². The highest BCUT2D eigenvalue weighted by atomic mass is 35.5. The molecule has 20 heavy (non-hydrogen) atoms. The smallest absolute Gasteiger partial charge is 0.228 e. The molecule has 0 aliphatic heterocycles. The lowest BCUT2D eigenvalue weighted by atomic mass is 10.0. The molecular weight excluding hydrogens is 272 g/mol. The minimum Gasteiger partial charge on any atom is -0.452 e. The number of rotatable bonds is 2. The Morgan fingerprint density at radius 1 is 1.10 bits per heavy atom. The second-order valence-electron chi connectivity index (χ2n) is 4.85. The van der Waals surface area contributed by atoms with Crippen LogP contribution in [0.2, 0.25) is 5.02 Å². The maximum Gasteiger partial charge on any atom is 0.228 e. The van der Waals surface area contributed by atoms with E-state index in [1.54, 1.807) is 24.3 Å². The molecule has 0 saturated heterocycles. The monoisotopic (exact) mass is 284 g/mol. The first-order valence-electron chi connectivity index (χ1n) is 6.37. The summed E-state index contributed by atoms with van der Waals surface area (Å²) in [4.78, 5) is 12.5. The van der Waals surface area contributed by atoms with Crippen LogP contribution >= 0.6 is 11.6 Å². The number of halogens is 1. The van der Waals surface area contributed by atoms with Crippen molar-refractivity contribution in [1.82, 2.24) is 0 Å². The molecule has 3 rings (SSSR count). The molecule has 0 aliphatic carbocycles. The summed E-state index contributed by atoms with van der Waals surface area (Å²) >= 11 is 6.07. The van der Waals surface area contributed by atoms with Crippen LogP contribution in [-0.4, -0.2) is 5.78 Å². The van der Waals surface area contributed by atoms with Crippen LogP contribution in [0.5, 0.6) is 0 Å². The summed E-state index contributed by atoms with van der Waals surface area (Å²) < 4.78 is 5.72. The summed E-state index contributed by atoms with van der Waals surface area (Å²) in [5.74, 6) is 0.209. The van der Waals surface area contributed by atoms with Gasteiger partial charge < -0.3 is 4.42 Å². The van der Waals surface area contributed by atoms with Crippen molar-refractivity contribution in [3.63, 3.8) is 0 Å². The third-order valence-corrected chi connectivity index (χ3v) is 3.89. The normalized spacial score (nSPS) is 10.9. The van der Waals surface area contributed by atoms with Crippen molar-refractivity contribution >= 4 is 28.4 Å². The Bertz CT molecular complexity index is 815. The van der Waals surface area contributed by atoms with Gasteiger partial charge in [-0.15, -0.1) is 0 Å². The van der Waals surface area contributed by atoms with E-state index in [4.69, 9.17) is 16.0 Å². The summed E-state index contributed by atoms with van der Waals surface area (Å²) in [5, 5.41) is 1.52. The third kappa shape index (κ3) is 2.02. The Kier molecular flexibility index (Phi) is 3.11. The van der Waals surface area contributed by atoms with E-state index < -0.39 is 0 Å². The topological polar surface area (TPSA) is 30.2 Å². The minimum atomic E-state index is -0.138. The zero-order chi connectivity index (χ0) is 14.3. The Balaban J connectivity index is 2.13. The minimum absolute atomic E-state index is 0.138. The quantitative estimate of drug-likeness (QED) is 0.624. The summed E-state index contributed by atoms with van der Waals surface area (Å²) in [6.45, 7) is 3.80. The molecule has 1 heterocycles. The van der Waals surface area contributed by atoms with Crippen molar-refractivity contribution in [3.8, 4) is 0 Å². The number of fused-ring (bicyclic) bond motifs is 1. The van der Waals surface area contributed by atoms with Crippen molar-refractivity contribution in [2.45, 2.75) is 13.8 Å². The first-order chi connectivity index (χ1) is 9.58. The van der Waals surface area contributed by atoms with E-state index in [1.165, 1.54) is 0 Å². The van der Waals surface area contributed by atoms with Crippen LogP contribution in [0, 0.1) is 13.8 Å². The number of para-hydroxylation sites is 1. The highest BCUT2D eigenvalue weighted by Crippen LogP contribution is 2.26. The molecule has 2 nitrogen and oxygen atoms in total. The van der Waals surface area contributed by atoms with Crippen LogP contribution in [-0.2, 0) is 0 Å². The maximum absolute atomic E-state index is 12.5. The Hall–Kier alpha value is -2.06. The standard InChI is InChI=1S/C17H13ClO2/c1-10-5-3-6-12-9-15(20-17(10)12)16(19)13-7-4-8-14(18)11(13)2/h3-9H,1-2H3. The number of carbonyl (C=O) groups is 1. The Morgan fingerprint density at radius 3 is 2.60 bits per heavy atom. The first kappa shape index (κ1) is 12.9. The number of furan rings is 1. The zero-order valence-corrected chi connectivity index (χ0v) is 12.0. The van der Waals surface area contributed by atoms with Gasteiger partial charge >= 0.3 is 0 Å². The molecule has 0 radical (unpaired) electrons. The summed E-state index contributed by atoms with van der Waals surface area (Å²) in [7, 11) is 0. The lowest BCUT2D eigenvalue weighted by molar-refractivity contribution is 0.101. The number of hydrogen-bond donors (Lipinski definition) is 0. The lowest BCUT2D eigenvalue weighted by Gasteiger charge is -2.04. The van der Waals surface area contributed by atoms with Gasteiger partial charge in [-0.2, -0.15) is 0 Å². The fourth-order valence-electron chi connectivity index (χ4n) is 2.31. The second kappa shape index (κ2) is 4.80. The molecule has 0 N–H and O–H groups in total. The summed E-state index contributed by atoms with van der Waals surface area (Å²) in [5.41, 5.74) is 3.13. The largest absolute Gasteiger partial charge is 0.452 e. The number of aryl methyl sites for hydroxylation is 1. The molecular formula is C17H13ClO2. The van der Waals surface area contributed by atoms with Crippen LogP contribution < -0.4 is 0 Å². The molecule has 0 bridgehead atoms. The van der Waals surface area contributed by atoms with Crippen LogP contribution in [0.25, 0.3) is 11.0 Å². The molecule has 0 aliphatic rings. The van der Waals surface area contributed by atoms with E-state index in [9.17, 15) is 4.79 Å². The predicted octanol–water partition coefficient (Wildman–Crippen LogP) is 4.93. The predicted molar refractivity (Wildman–Crippen MR) is 80.6 cm³/mol. The number of benzene rings is 2. The average Bonchev–Trinajstić information content (AvgIpc) is 2.87. The van der Waals surface area contributed by atoms with Gasteiger partial charge in [0.1, 0.15) is 5.58 Å². The molecule has 3 aromatic rings. The molecule has 1 aromatic heterocycles. The number of ketones is 1. The number of carbonyl (C=O) groups excluding carboxylic acids is 1. The van der Waals surface area contributed by atoms with E-state index in [0.29, 0.717) is 16.3 Å². The third-order valence-electron chi connectivity index (χ3n) is 3.48. The first-order valence-corrected chi connectivity index (χ1v) is 6.74. The molecule has 0 fully saturated rings. The van der Waals surface area contributed by atoms with E-state index in [2.05, 4.69) is 0 Å². The molecule has 3 heteroatoms. The van der Waals surface area contributed by atoms with E-state index >= 15 is 0 Å². The van der Waals surface area contributed by atoms with Crippen LogP contribution in [0.3, 0.4) is 0 Å². The van der Waals surface area contributed by atoms with Gasteiger partial charge in [0, 0.05) is 16.0 Å². The number of hydrogen-bond acceptors (Lipinski definition) is 2. The molecule has 0 amide bonds. The molecule has 100 valence electrons. The highest BCUT2D eigenvalue weighted by molar-refractivity contribution is 6.32. The average molecular weight is 285 g/mol. The Morgan fingerprint density at radius 2 is 1.85 bits per heavy atom. The molecule has 0 spiro atoms. The fourth-order valence-corrected chi connectivity index (χ4v) is 2.48. The van der Waals surface area contributed by atoms with Crippen molar-refractivity contribution < 1.29 is 9.21 Å². The van der Waals surface area contributed by atoms with Gasteiger partial charge in [-0.3, -0.25) is 4.79 Å². The molecule has 0 unspecified atom stereocenters. The van der Waals surface area contributed by atoms with Gasteiger partial charge in [0.15, 0.2) is 5.76 Å². The van der Waals surface area contributed by atoms with Gasteiger partial charge in [0.05, 0.1) is 0 Å². The van der Waals surface area contributed by atoms with E-state index in [0.717, 1.165) is 22.1 Å². The maximum atomic E-state index is 12.5. The van der Waals surface area contributed by atoms with E-state index in [1.807, 2.05) is 32.0 Å². The van der Waals surface area contributed by atoms with Crippen LogP contribution in [0.1, 0.15) is 27.2 Å². The van der Waals surface area contributed by atoms with Gasteiger partial charge in [-0.25, -0.2) is 0 Å². The zero-order valence-electron chi connectivity index (χ0n) is 11.2. The van der Waals surface area contributed by atoms with Crippen molar-refractivity contribution in [3.05, 3.63) is 69.9 Å². The van der Waals surface area contributed by atoms with Gasteiger partial charge in [0.2, 0.25) is 5.78 Å². The second-order valence-corrected chi connectivity index (χ2v) is 5.25. The Labute approximate surface area is 122 Å². The summed E-state index contributed by atoms with van der Waals surface area (Å²) in [6.07, 6.45) is 0.